The minimum atomic E-state index is -0.779. The molecule has 0 spiro atoms. The molecule has 0 fully saturated rings. The third kappa shape index (κ3) is 3.18. The van der Waals surface area contributed by atoms with E-state index < -0.39 is 11.7 Å². The van der Waals surface area contributed by atoms with Gasteiger partial charge in [-0.2, -0.15) is 0 Å². The molecule has 1 N–H and O–H groups in total. The molecule has 0 aliphatic carbocycles. The molecule has 0 saturated carbocycles. The Labute approximate surface area is 119 Å². The first-order valence-corrected chi connectivity index (χ1v) is 7.03. The molecule has 2 nitrogen and oxygen atoms in total. The van der Waals surface area contributed by atoms with Crippen LogP contribution in [-0.2, 0) is 4.74 Å². The lowest BCUT2D eigenvalue weighted by Crippen LogP contribution is -2.38. The number of ether oxygens (including phenoxy) is 1. The summed E-state index contributed by atoms with van der Waals surface area (Å²) >= 11 is 12.1. The highest BCUT2D eigenvalue weighted by Crippen LogP contribution is 2.39. The van der Waals surface area contributed by atoms with Crippen molar-refractivity contribution in [2.75, 3.05) is 6.61 Å². The Morgan fingerprint density at radius 1 is 1.22 bits per heavy atom. The Balaban J connectivity index is 3.16. The highest BCUT2D eigenvalue weighted by Gasteiger charge is 2.37. The van der Waals surface area contributed by atoms with Gasteiger partial charge in [0.05, 0.1) is 5.60 Å². The fourth-order valence-electron chi connectivity index (χ4n) is 2.21. The van der Waals surface area contributed by atoms with Crippen LogP contribution >= 0.6 is 23.2 Å². The van der Waals surface area contributed by atoms with Crippen LogP contribution in [0.5, 0.6) is 0 Å². The van der Waals surface area contributed by atoms with Crippen LogP contribution in [0, 0.1) is 0 Å². The third-order valence-electron chi connectivity index (χ3n) is 3.38. The molecular formula is C14H20Cl2O2. The van der Waals surface area contributed by atoms with E-state index in [0.717, 1.165) is 0 Å². The predicted octanol–water partition coefficient (Wildman–Crippen LogP) is 4.62. The van der Waals surface area contributed by atoms with Crippen LogP contribution < -0.4 is 0 Å². The van der Waals surface area contributed by atoms with Crippen molar-refractivity contribution in [3.8, 4) is 0 Å². The van der Waals surface area contributed by atoms with Gasteiger partial charge in [-0.05, 0) is 38.0 Å². The van der Waals surface area contributed by atoms with Gasteiger partial charge in [0.25, 0.3) is 0 Å². The van der Waals surface area contributed by atoms with Crippen LogP contribution in [0.3, 0.4) is 0 Å². The zero-order chi connectivity index (χ0) is 13.8. The second-order valence-corrected chi connectivity index (χ2v) is 5.12. The second-order valence-electron chi connectivity index (χ2n) is 4.27. The summed E-state index contributed by atoms with van der Waals surface area (Å²) in [6, 6.07) is 5.11. The van der Waals surface area contributed by atoms with Gasteiger partial charge in [-0.1, -0.05) is 37.0 Å². The summed E-state index contributed by atoms with van der Waals surface area (Å²) in [5, 5.41) is 11.7. The normalized spacial score (nSPS) is 13.7. The molecule has 1 rings (SSSR count). The summed E-state index contributed by atoms with van der Waals surface area (Å²) in [5.41, 5.74) is 0.0182. The average molecular weight is 291 g/mol. The quantitative estimate of drug-likeness (QED) is 0.828. The number of aliphatic hydroxyl groups is 1. The molecule has 1 unspecified atom stereocenters. The topological polar surface area (TPSA) is 29.5 Å². The molecule has 18 heavy (non-hydrogen) atoms. The summed E-state index contributed by atoms with van der Waals surface area (Å²) < 4.78 is 5.79. The van der Waals surface area contributed by atoms with Crippen molar-refractivity contribution in [1.29, 1.82) is 0 Å². The number of benzene rings is 1. The van der Waals surface area contributed by atoms with Crippen LogP contribution in [0.15, 0.2) is 18.2 Å². The number of hydrogen-bond acceptors (Lipinski definition) is 2. The van der Waals surface area contributed by atoms with E-state index in [1.807, 2.05) is 20.8 Å². The zero-order valence-corrected chi connectivity index (χ0v) is 12.6. The Morgan fingerprint density at radius 3 is 2.33 bits per heavy atom. The third-order valence-corrected chi connectivity index (χ3v) is 3.96. The Bertz CT molecular complexity index is 389. The lowest BCUT2D eigenvalue weighted by molar-refractivity contribution is -0.127. The van der Waals surface area contributed by atoms with Crippen LogP contribution in [0.25, 0.3) is 0 Å². The molecule has 0 aromatic heterocycles. The first kappa shape index (κ1) is 15.8. The van der Waals surface area contributed by atoms with Gasteiger partial charge in [0.1, 0.15) is 6.10 Å². The van der Waals surface area contributed by atoms with Crippen molar-refractivity contribution >= 4 is 23.2 Å². The molecule has 0 amide bonds. The number of halogens is 2. The highest BCUT2D eigenvalue weighted by molar-refractivity contribution is 6.33. The van der Waals surface area contributed by atoms with Crippen LogP contribution in [0.1, 0.15) is 45.3 Å². The number of aliphatic hydroxyl groups excluding tert-OH is 1. The average Bonchev–Trinajstić information content (AvgIpc) is 2.38. The highest BCUT2D eigenvalue weighted by atomic mass is 35.5. The minimum Gasteiger partial charge on any atom is -0.385 e. The van der Waals surface area contributed by atoms with Crippen molar-refractivity contribution in [2.45, 2.75) is 45.3 Å². The first-order valence-electron chi connectivity index (χ1n) is 6.27. The van der Waals surface area contributed by atoms with Gasteiger partial charge in [0.2, 0.25) is 0 Å². The molecule has 0 saturated heterocycles. The van der Waals surface area contributed by atoms with E-state index in [1.54, 1.807) is 18.2 Å². The van der Waals surface area contributed by atoms with E-state index in [1.165, 1.54) is 0 Å². The SMILES string of the molecule is CCOC(CC)(CC)C(O)c1cc(Cl)ccc1Cl. The molecule has 0 heterocycles. The van der Waals surface area contributed by atoms with E-state index in [-0.39, 0.29) is 0 Å². The second kappa shape index (κ2) is 6.76. The van der Waals surface area contributed by atoms with E-state index in [4.69, 9.17) is 27.9 Å². The molecule has 4 heteroatoms. The maximum atomic E-state index is 10.6. The maximum Gasteiger partial charge on any atom is 0.109 e. The lowest BCUT2D eigenvalue weighted by atomic mass is 9.86. The van der Waals surface area contributed by atoms with Gasteiger partial charge in [-0.15, -0.1) is 0 Å². The minimum absolute atomic E-state index is 0.512. The summed E-state index contributed by atoms with van der Waals surface area (Å²) in [6.07, 6.45) is 0.640. The largest absolute Gasteiger partial charge is 0.385 e. The molecule has 1 aromatic carbocycles. The Kier molecular flexibility index (Phi) is 5.93. The molecule has 0 aliphatic rings. The molecule has 102 valence electrons. The fourth-order valence-corrected chi connectivity index (χ4v) is 2.62. The van der Waals surface area contributed by atoms with Gasteiger partial charge in [0, 0.05) is 22.2 Å². The van der Waals surface area contributed by atoms with E-state index in [0.29, 0.717) is 35.1 Å². The monoisotopic (exact) mass is 290 g/mol. The summed E-state index contributed by atoms with van der Waals surface area (Å²) in [4.78, 5) is 0. The van der Waals surface area contributed by atoms with Gasteiger partial charge >= 0.3 is 0 Å². The van der Waals surface area contributed by atoms with Crippen molar-refractivity contribution in [2.24, 2.45) is 0 Å². The Morgan fingerprint density at radius 2 is 1.83 bits per heavy atom. The summed E-state index contributed by atoms with van der Waals surface area (Å²) in [7, 11) is 0. The molecule has 0 radical (unpaired) electrons. The summed E-state index contributed by atoms with van der Waals surface area (Å²) in [6.45, 7) is 6.48. The van der Waals surface area contributed by atoms with Crippen molar-refractivity contribution in [3.05, 3.63) is 33.8 Å². The van der Waals surface area contributed by atoms with Crippen molar-refractivity contribution in [1.82, 2.24) is 0 Å². The van der Waals surface area contributed by atoms with E-state index in [2.05, 4.69) is 0 Å². The van der Waals surface area contributed by atoms with Crippen molar-refractivity contribution in [3.63, 3.8) is 0 Å². The molecule has 0 bridgehead atoms. The van der Waals surface area contributed by atoms with Crippen LogP contribution in [0.2, 0.25) is 10.0 Å². The van der Waals surface area contributed by atoms with Gasteiger partial charge in [0.15, 0.2) is 0 Å². The molecular weight excluding hydrogens is 271 g/mol. The fraction of sp³-hybridized carbons (Fsp3) is 0.571. The maximum absolute atomic E-state index is 10.6. The predicted molar refractivity (Wildman–Crippen MR) is 76.4 cm³/mol. The number of rotatable bonds is 6. The first-order chi connectivity index (χ1) is 8.50. The molecule has 0 aliphatic heterocycles. The Hall–Kier alpha value is -0.280. The standard InChI is InChI=1S/C14H20Cl2O2/c1-4-14(5-2,18-6-3)13(17)11-9-10(15)7-8-12(11)16/h7-9,13,17H,4-6H2,1-3H3. The van der Waals surface area contributed by atoms with Gasteiger partial charge < -0.3 is 9.84 Å². The smallest absolute Gasteiger partial charge is 0.109 e. The van der Waals surface area contributed by atoms with Crippen LogP contribution in [-0.4, -0.2) is 17.3 Å². The molecule has 1 atom stereocenters. The van der Waals surface area contributed by atoms with Crippen LogP contribution in [0.4, 0.5) is 0 Å². The van der Waals surface area contributed by atoms with E-state index >= 15 is 0 Å². The number of hydrogen-bond donors (Lipinski definition) is 1. The molecule has 1 aromatic rings. The van der Waals surface area contributed by atoms with E-state index in [9.17, 15) is 5.11 Å². The zero-order valence-electron chi connectivity index (χ0n) is 11.0. The summed E-state index contributed by atoms with van der Waals surface area (Å²) in [5.74, 6) is 0. The van der Waals surface area contributed by atoms with Gasteiger partial charge in [-0.25, -0.2) is 0 Å². The van der Waals surface area contributed by atoms with Gasteiger partial charge in [-0.3, -0.25) is 0 Å². The lowest BCUT2D eigenvalue weighted by Gasteiger charge is -2.37. The van der Waals surface area contributed by atoms with Crippen molar-refractivity contribution < 1.29 is 9.84 Å².